The summed E-state index contributed by atoms with van der Waals surface area (Å²) in [6.07, 6.45) is 5.91. The van der Waals surface area contributed by atoms with E-state index in [0.29, 0.717) is 13.0 Å². The molecule has 0 aromatic heterocycles. The molecule has 4 aromatic carbocycles. The summed E-state index contributed by atoms with van der Waals surface area (Å²) in [6, 6.07) is 26.4. The molecule has 0 fully saturated rings. The molecule has 4 heteroatoms. The van der Waals surface area contributed by atoms with Crippen LogP contribution in [0.4, 0.5) is 10.1 Å². The molecule has 1 aliphatic rings. The lowest BCUT2D eigenvalue weighted by atomic mass is 9.81. The van der Waals surface area contributed by atoms with E-state index in [1.165, 1.54) is 12.1 Å². The zero-order valence-electron chi connectivity index (χ0n) is 18.0. The van der Waals surface area contributed by atoms with Crippen LogP contribution in [0, 0.1) is 18.2 Å². The summed E-state index contributed by atoms with van der Waals surface area (Å²) in [6.45, 7) is 0.614. The molecule has 0 saturated carbocycles. The maximum atomic E-state index is 13.1. The van der Waals surface area contributed by atoms with Crippen LogP contribution in [0.5, 0.6) is 5.75 Å². The SMILES string of the molecule is C#CCN1C(=O)CC(c2ccc(OCc3ccc(F)cc3)cc2)c2c1ccc1ccccc21. The van der Waals surface area contributed by atoms with Gasteiger partial charge in [-0.3, -0.25) is 4.79 Å². The monoisotopic (exact) mass is 435 g/mol. The Kier molecular flexibility index (Phi) is 5.54. The first-order valence-electron chi connectivity index (χ1n) is 10.9. The summed E-state index contributed by atoms with van der Waals surface area (Å²) in [5.41, 5.74) is 3.95. The van der Waals surface area contributed by atoms with Gasteiger partial charge in [-0.25, -0.2) is 4.39 Å². The molecule has 3 nitrogen and oxygen atoms in total. The molecule has 0 saturated heterocycles. The lowest BCUT2D eigenvalue weighted by Gasteiger charge is -2.34. The molecule has 0 radical (unpaired) electrons. The summed E-state index contributed by atoms with van der Waals surface area (Å²) in [5, 5.41) is 2.27. The molecule has 33 heavy (non-hydrogen) atoms. The van der Waals surface area contributed by atoms with Gasteiger partial charge in [0.1, 0.15) is 18.2 Å². The Hall–Kier alpha value is -4.10. The van der Waals surface area contributed by atoms with E-state index in [1.54, 1.807) is 17.0 Å². The number of hydrogen-bond acceptors (Lipinski definition) is 2. The first-order chi connectivity index (χ1) is 16.1. The second-order valence-electron chi connectivity index (χ2n) is 8.14. The fraction of sp³-hybridized carbons (Fsp3) is 0.138. The fourth-order valence-electron chi connectivity index (χ4n) is 4.50. The highest BCUT2D eigenvalue weighted by Crippen LogP contribution is 2.44. The van der Waals surface area contributed by atoms with Crippen molar-refractivity contribution in [2.75, 3.05) is 11.4 Å². The largest absolute Gasteiger partial charge is 0.489 e. The van der Waals surface area contributed by atoms with E-state index in [9.17, 15) is 9.18 Å². The van der Waals surface area contributed by atoms with Crippen molar-refractivity contribution in [3.05, 3.63) is 107 Å². The topological polar surface area (TPSA) is 29.5 Å². The van der Waals surface area contributed by atoms with Gasteiger partial charge in [0.2, 0.25) is 5.91 Å². The number of ether oxygens (including phenoxy) is 1. The van der Waals surface area contributed by atoms with Gasteiger partial charge in [0, 0.05) is 18.0 Å². The minimum Gasteiger partial charge on any atom is -0.489 e. The summed E-state index contributed by atoms with van der Waals surface area (Å²) in [4.78, 5) is 14.7. The number of halogens is 1. The van der Waals surface area contributed by atoms with E-state index in [-0.39, 0.29) is 24.2 Å². The zero-order valence-corrected chi connectivity index (χ0v) is 18.0. The van der Waals surface area contributed by atoms with Crippen molar-refractivity contribution in [3.63, 3.8) is 0 Å². The van der Waals surface area contributed by atoms with Gasteiger partial charge in [0.15, 0.2) is 0 Å². The highest BCUT2D eigenvalue weighted by Gasteiger charge is 2.33. The van der Waals surface area contributed by atoms with Crippen molar-refractivity contribution in [2.24, 2.45) is 0 Å². The number of hydrogen-bond donors (Lipinski definition) is 0. The molecule has 0 N–H and O–H groups in total. The van der Waals surface area contributed by atoms with Crippen LogP contribution in [0.25, 0.3) is 10.8 Å². The molecule has 0 spiro atoms. The number of benzene rings is 4. The number of rotatable bonds is 5. The number of amides is 1. The number of carbonyl (C=O) groups is 1. The molecule has 0 aliphatic carbocycles. The first kappa shape index (κ1) is 20.8. The van der Waals surface area contributed by atoms with E-state index in [0.717, 1.165) is 38.9 Å². The number of carbonyl (C=O) groups excluding carboxylic acids is 1. The molecule has 1 heterocycles. The highest BCUT2D eigenvalue weighted by atomic mass is 19.1. The van der Waals surface area contributed by atoms with E-state index >= 15 is 0 Å². The minimum absolute atomic E-state index is 0.0253. The number of anilines is 1. The maximum absolute atomic E-state index is 13.1. The lowest BCUT2D eigenvalue weighted by molar-refractivity contribution is -0.119. The summed E-state index contributed by atoms with van der Waals surface area (Å²) >= 11 is 0. The molecule has 162 valence electrons. The normalized spacial score (nSPS) is 15.2. The van der Waals surface area contributed by atoms with Crippen molar-refractivity contribution >= 4 is 22.4 Å². The van der Waals surface area contributed by atoms with Gasteiger partial charge in [0.25, 0.3) is 0 Å². The van der Waals surface area contributed by atoms with Crippen LogP contribution >= 0.6 is 0 Å². The molecule has 1 unspecified atom stereocenters. The van der Waals surface area contributed by atoms with Crippen LogP contribution in [0.1, 0.15) is 29.0 Å². The molecule has 1 atom stereocenters. The van der Waals surface area contributed by atoms with Gasteiger partial charge in [-0.05, 0) is 57.8 Å². The average molecular weight is 435 g/mol. The Bertz CT molecular complexity index is 1350. The summed E-state index contributed by atoms with van der Waals surface area (Å²) < 4.78 is 19.0. The molecule has 4 aromatic rings. The van der Waals surface area contributed by atoms with Crippen LogP contribution in [0.15, 0.2) is 84.9 Å². The van der Waals surface area contributed by atoms with E-state index in [2.05, 4.69) is 18.1 Å². The van der Waals surface area contributed by atoms with Crippen LogP contribution in [-0.2, 0) is 11.4 Å². The second-order valence-corrected chi connectivity index (χ2v) is 8.14. The van der Waals surface area contributed by atoms with Crippen LogP contribution in [-0.4, -0.2) is 12.5 Å². The van der Waals surface area contributed by atoms with Gasteiger partial charge in [-0.1, -0.05) is 60.5 Å². The Balaban J connectivity index is 1.47. The zero-order chi connectivity index (χ0) is 22.8. The highest BCUT2D eigenvalue weighted by molar-refractivity contribution is 6.03. The third-order valence-electron chi connectivity index (χ3n) is 6.12. The molecule has 5 rings (SSSR count). The Morgan fingerprint density at radius 3 is 2.48 bits per heavy atom. The summed E-state index contributed by atoms with van der Waals surface area (Å²) in [5.74, 6) is 3.03. The van der Waals surface area contributed by atoms with Gasteiger partial charge >= 0.3 is 0 Å². The van der Waals surface area contributed by atoms with Crippen LogP contribution < -0.4 is 9.64 Å². The number of terminal acetylenes is 1. The van der Waals surface area contributed by atoms with Crippen molar-refractivity contribution in [3.8, 4) is 18.1 Å². The van der Waals surface area contributed by atoms with E-state index in [1.807, 2.05) is 48.5 Å². The maximum Gasteiger partial charge on any atom is 0.228 e. The van der Waals surface area contributed by atoms with Gasteiger partial charge in [-0.2, -0.15) is 0 Å². The Morgan fingerprint density at radius 2 is 1.73 bits per heavy atom. The van der Waals surface area contributed by atoms with Gasteiger partial charge in [-0.15, -0.1) is 6.42 Å². The van der Waals surface area contributed by atoms with Crippen LogP contribution in [0.3, 0.4) is 0 Å². The van der Waals surface area contributed by atoms with Crippen molar-refractivity contribution in [1.29, 1.82) is 0 Å². The van der Waals surface area contributed by atoms with Crippen molar-refractivity contribution < 1.29 is 13.9 Å². The standard InChI is InChI=1S/C29H22FNO2/c1-2-17-31-27-16-11-21-5-3-4-6-25(21)29(27)26(18-28(31)32)22-9-14-24(15-10-22)33-19-20-7-12-23(30)13-8-20/h1,3-16,26H,17-19H2. The van der Waals surface area contributed by atoms with E-state index in [4.69, 9.17) is 11.2 Å². The van der Waals surface area contributed by atoms with Crippen LogP contribution in [0.2, 0.25) is 0 Å². The van der Waals surface area contributed by atoms with Crippen molar-refractivity contribution in [1.82, 2.24) is 0 Å². The predicted octanol–water partition coefficient (Wildman–Crippen LogP) is 6.06. The fourth-order valence-corrected chi connectivity index (χ4v) is 4.50. The van der Waals surface area contributed by atoms with Gasteiger partial charge in [0.05, 0.1) is 6.54 Å². The van der Waals surface area contributed by atoms with E-state index < -0.39 is 0 Å². The molecular formula is C29H22FNO2. The van der Waals surface area contributed by atoms with Crippen molar-refractivity contribution in [2.45, 2.75) is 18.9 Å². The quantitative estimate of drug-likeness (QED) is 0.357. The Morgan fingerprint density at radius 1 is 0.970 bits per heavy atom. The average Bonchev–Trinajstić information content (AvgIpc) is 2.85. The lowest BCUT2D eigenvalue weighted by Crippen LogP contribution is -2.37. The smallest absolute Gasteiger partial charge is 0.228 e. The molecule has 1 amide bonds. The number of nitrogens with zero attached hydrogens (tertiary/aromatic N) is 1. The second kappa shape index (κ2) is 8.80. The molecule has 0 bridgehead atoms. The predicted molar refractivity (Wildman–Crippen MR) is 129 cm³/mol. The molecular weight excluding hydrogens is 413 g/mol. The third kappa shape index (κ3) is 4.06. The third-order valence-corrected chi connectivity index (χ3v) is 6.12. The first-order valence-corrected chi connectivity index (χ1v) is 10.9. The minimum atomic E-state index is -0.265. The number of fused-ring (bicyclic) bond motifs is 3. The summed E-state index contributed by atoms with van der Waals surface area (Å²) in [7, 11) is 0. The molecule has 1 aliphatic heterocycles. The Labute approximate surface area is 192 Å². The van der Waals surface area contributed by atoms with Gasteiger partial charge < -0.3 is 9.64 Å².